The maximum absolute atomic E-state index is 14.5. The zero-order valence-corrected chi connectivity index (χ0v) is 17.8. The number of rotatable bonds is 6. The highest BCUT2D eigenvalue weighted by Crippen LogP contribution is 2.40. The van der Waals surface area contributed by atoms with Crippen molar-refractivity contribution in [1.29, 1.82) is 0 Å². The Labute approximate surface area is 174 Å². The molecule has 1 saturated carbocycles. The largest absolute Gasteiger partial charge is 0.504 e. The van der Waals surface area contributed by atoms with E-state index in [-0.39, 0.29) is 23.3 Å². The summed E-state index contributed by atoms with van der Waals surface area (Å²) in [6.07, 6.45) is 12.2. The van der Waals surface area contributed by atoms with Crippen LogP contribution >= 0.6 is 0 Å². The Bertz CT molecular complexity index is 755. The van der Waals surface area contributed by atoms with Gasteiger partial charge in [-0.2, -0.15) is 8.78 Å². The van der Waals surface area contributed by atoms with Gasteiger partial charge in [0, 0.05) is 11.5 Å². The van der Waals surface area contributed by atoms with E-state index in [1.165, 1.54) is 25.7 Å². The summed E-state index contributed by atoms with van der Waals surface area (Å²) in [6, 6.07) is 0. The molecule has 3 rings (SSSR count). The van der Waals surface area contributed by atoms with E-state index in [4.69, 9.17) is 4.74 Å². The molecule has 1 unspecified atom stereocenters. The third-order valence-electron chi connectivity index (χ3n) is 6.49. The van der Waals surface area contributed by atoms with Gasteiger partial charge in [-0.1, -0.05) is 51.4 Å². The summed E-state index contributed by atoms with van der Waals surface area (Å²) in [4.78, 5) is 0. The minimum Gasteiger partial charge on any atom is -0.504 e. The van der Waals surface area contributed by atoms with Crippen molar-refractivity contribution in [2.24, 2.45) is 11.8 Å². The van der Waals surface area contributed by atoms with E-state index in [2.05, 4.69) is 25.7 Å². The van der Waals surface area contributed by atoms with Crippen LogP contribution in [0.1, 0.15) is 95.6 Å². The number of benzene rings is 1. The van der Waals surface area contributed by atoms with Crippen molar-refractivity contribution in [2.45, 2.75) is 97.0 Å². The second-order valence-corrected chi connectivity index (χ2v) is 8.71. The van der Waals surface area contributed by atoms with Crippen molar-refractivity contribution in [3.8, 4) is 23.3 Å². The van der Waals surface area contributed by atoms with Crippen LogP contribution in [0.15, 0.2) is 0 Å². The van der Waals surface area contributed by atoms with Crippen molar-refractivity contribution >= 4 is 0 Å². The van der Waals surface area contributed by atoms with Crippen molar-refractivity contribution in [3.63, 3.8) is 0 Å². The third kappa shape index (κ3) is 5.24. The molecule has 2 nitrogen and oxygen atoms in total. The summed E-state index contributed by atoms with van der Waals surface area (Å²) < 4.78 is 34.7. The molecule has 1 aliphatic carbocycles. The van der Waals surface area contributed by atoms with Crippen LogP contribution in [0.5, 0.6) is 11.5 Å². The number of hydrogen-bond acceptors (Lipinski definition) is 2. The first kappa shape index (κ1) is 21.9. The minimum absolute atomic E-state index is 0.0380. The van der Waals surface area contributed by atoms with Crippen LogP contribution in [-0.4, -0.2) is 11.2 Å². The fraction of sp³-hybridized carbons (Fsp3) is 0.680. The number of hydrogen-bond donors (Lipinski definition) is 1. The zero-order valence-electron chi connectivity index (χ0n) is 17.8. The molecule has 29 heavy (non-hydrogen) atoms. The van der Waals surface area contributed by atoms with Gasteiger partial charge >= 0.3 is 0 Å². The van der Waals surface area contributed by atoms with Crippen molar-refractivity contribution in [1.82, 2.24) is 0 Å². The molecule has 1 heterocycles. The molecule has 0 radical (unpaired) electrons. The SMILES string of the molecule is CCCCCC1CCc2c(C#CC3CCC(CCC)CC3)c(O)c(F)c(F)c2O1. The molecule has 1 fully saturated rings. The van der Waals surface area contributed by atoms with E-state index in [1.807, 2.05) is 0 Å². The molecule has 1 atom stereocenters. The lowest BCUT2D eigenvalue weighted by Crippen LogP contribution is -2.24. The topological polar surface area (TPSA) is 29.5 Å². The number of unbranched alkanes of at least 4 members (excludes halogenated alkanes) is 2. The second kappa shape index (κ2) is 10.3. The average Bonchev–Trinajstić information content (AvgIpc) is 2.74. The molecule has 4 heteroatoms. The van der Waals surface area contributed by atoms with Crippen molar-refractivity contribution in [3.05, 3.63) is 22.8 Å². The van der Waals surface area contributed by atoms with E-state index in [0.29, 0.717) is 12.0 Å². The Morgan fingerprint density at radius 2 is 1.72 bits per heavy atom. The summed E-state index contributed by atoms with van der Waals surface area (Å²) in [5.74, 6) is 4.27. The Balaban J connectivity index is 1.77. The number of ether oxygens (including phenoxy) is 1. The molecule has 0 saturated heterocycles. The average molecular weight is 405 g/mol. The summed E-state index contributed by atoms with van der Waals surface area (Å²) >= 11 is 0. The molecule has 1 N–H and O–H groups in total. The van der Waals surface area contributed by atoms with Crippen molar-refractivity contribution in [2.75, 3.05) is 0 Å². The van der Waals surface area contributed by atoms with Gasteiger partial charge < -0.3 is 9.84 Å². The lowest BCUT2D eigenvalue weighted by Gasteiger charge is -2.28. The standard InChI is InChI=1S/C25H34F2O2/c1-3-5-6-8-19-14-16-21-20(24(28)22(26)23(27)25(21)29-19)15-13-18-11-9-17(7-4-2)10-12-18/h17-19,28H,3-12,14,16H2,1-2H3. The van der Waals surface area contributed by atoms with Crippen LogP contribution in [0.4, 0.5) is 8.78 Å². The van der Waals surface area contributed by atoms with Gasteiger partial charge in [0.25, 0.3) is 0 Å². The molecular weight excluding hydrogens is 370 g/mol. The predicted octanol–water partition coefficient (Wildman–Crippen LogP) is 6.90. The third-order valence-corrected chi connectivity index (χ3v) is 6.49. The number of phenols is 1. The Morgan fingerprint density at radius 3 is 2.41 bits per heavy atom. The van der Waals surface area contributed by atoms with Gasteiger partial charge in [-0.05, 0) is 57.3 Å². The quantitative estimate of drug-likeness (QED) is 0.413. The van der Waals surface area contributed by atoms with Crippen LogP contribution in [0.2, 0.25) is 0 Å². The summed E-state index contributed by atoms with van der Waals surface area (Å²) in [5, 5.41) is 10.2. The fourth-order valence-electron chi connectivity index (χ4n) is 4.73. The van der Waals surface area contributed by atoms with Gasteiger partial charge in [0.15, 0.2) is 11.5 Å². The van der Waals surface area contributed by atoms with Gasteiger partial charge in [-0.15, -0.1) is 0 Å². The molecule has 0 bridgehead atoms. The summed E-state index contributed by atoms with van der Waals surface area (Å²) in [6.45, 7) is 4.35. The summed E-state index contributed by atoms with van der Waals surface area (Å²) in [7, 11) is 0. The smallest absolute Gasteiger partial charge is 0.205 e. The van der Waals surface area contributed by atoms with Crippen LogP contribution < -0.4 is 4.74 Å². The van der Waals surface area contributed by atoms with Gasteiger partial charge in [-0.3, -0.25) is 0 Å². The maximum atomic E-state index is 14.5. The highest BCUT2D eigenvalue weighted by atomic mass is 19.2. The highest BCUT2D eigenvalue weighted by molar-refractivity contribution is 5.58. The lowest BCUT2D eigenvalue weighted by molar-refractivity contribution is 0.150. The molecule has 0 amide bonds. The lowest BCUT2D eigenvalue weighted by atomic mass is 9.80. The number of aromatic hydroxyl groups is 1. The first-order valence-electron chi connectivity index (χ1n) is 11.5. The first-order valence-corrected chi connectivity index (χ1v) is 11.5. The van der Waals surface area contributed by atoms with Crippen LogP contribution in [0.3, 0.4) is 0 Å². The molecule has 0 spiro atoms. The molecular formula is C25H34F2O2. The molecule has 160 valence electrons. The van der Waals surface area contributed by atoms with E-state index in [0.717, 1.165) is 50.9 Å². The van der Waals surface area contributed by atoms with Crippen molar-refractivity contribution < 1.29 is 18.6 Å². The minimum atomic E-state index is -1.24. The van der Waals surface area contributed by atoms with Gasteiger partial charge in [0.1, 0.15) is 0 Å². The zero-order chi connectivity index (χ0) is 20.8. The molecule has 0 aromatic heterocycles. The normalized spacial score (nSPS) is 23.7. The van der Waals surface area contributed by atoms with Gasteiger partial charge in [-0.25, -0.2) is 0 Å². The molecule has 1 aromatic rings. The Morgan fingerprint density at radius 1 is 0.966 bits per heavy atom. The van der Waals surface area contributed by atoms with E-state index >= 15 is 0 Å². The highest BCUT2D eigenvalue weighted by Gasteiger charge is 2.30. The number of phenolic OH excluding ortho intramolecular Hbond substituents is 1. The van der Waals surface area contributed by atoms with Gasteiger partial charge in [0.2, 0.25) is 11.6 Å². The Kier molecular flexibility index (Phi) is 7.81. The van der Waals surface area contributed by atoms with Crippen LogP contribution in [-0.2, 0) is 6.42 Å². The maximum Gasteiger partial charge on any atom is 0.205 e. The monoisotopic (exact) mass is 404 g/mol. The first-order chi connectivity index (χ1) is 14.0. The van der Waals surface area contributed by atoms with Gasteiger partial charge in [0.05, 0.1) is 11.7 Å². The van der Waals surface area contributed by atoms with E-state index in [1.54, 1.807) is 0 Å². The van der Waals surface area contributed by atoms with Crippen LogP contribution in [0.25, 0.3) is 0 Å². The second-order valence-electron chi connectivity index (χ2n) is 8.71. The number of halogens is 2. The fourth-order valence-corrected chi connectivity index (χ4v) is 4.73. The predicted molar refractivity (Wildman–Crippen MR) is 112 cm³/mol. The van der Waals surface area contributed by atoms with Crippen LogP contribution in [0, 0.1) is 35.3 Å². The molecule has 2 aliphatic rings. The molecule has 1 aromatic carbocycles. The number of fused-ring (bicyclic) bond motifs is 1. The summed E-state index contributed by atoms with van der Waals surface area (Å²) in [5.41, 5.74) is 0.752. The molecule has 1 aliphatic heterocycles. The van der Waals surface area contributed by atoms with E-state index < -0.39 is 17.4 Å². The van der Waals surface area contributed by atoms with E-state index in [9.17, 15) is 13.9 Å². The Hall–Kier alpha value is -1.76.